The van der Waals surface area contributed by atoms with Crippen LogP contribution in [0.4, 0.5) is 0 Å². The van der Waals surface area contributed by atoms with Gasteiger partial charge in [0.1, 0.15) is 0 Å². The summed E-state index contributed by atoms with van der Waals surface area (Å²) < 4.78 is 0. The molecule has 0 unspecified atom stereocenters. The van der Waals surface area contributed by atoms with E-state index in [1.807, 2.05) is 30.3 Å². The van der Waals surface area contributed by atoms with Gasteiger partial charge in [-0.15, -0.1) is 0 Å². The van der Waals surface area contributed by atoms with E-state index < -0.39 is 11.5 Å². The maximum atomic E-state index is 12.9. The molecule has 0 radical (unpaired) electrons. The first-order valence-corrected chi connectivity index (χ1v) is 9.30. The molecular formula is C21H24N2O3. The molecule has 2 aliphatic heterocycles. The van der Waals surface area contributed by atoms with Crippen LogP contribution >= 0.6 is 0 Å². The number of benzene rings is 2. The normalized spacial score (nSPS) is 26.1. The molecule has 0 aromatic heterocycles. The van der Waals surface area contributed by atoms with Gasteiger partial charge in [0, 0.05) is 19.6 Å². The molecule has 2 saturated heterocycles. The lowest BCUT2D eigenvalue weighted by atomic mass is 9.71. The van der Waals surface area contributed by atoms with Crippen LogP contribution in [0.5, 0.6) is 0 Å². The highest BCUT2D eigenvalue weighted by Gasteiger charge is 2.50. The molecule has 1 spiro atoms. The molecule has 0 aliphatic carbocycles. The maximum absolute atomic E-state index is 12.9. The Labute approximate surface area is 153 Å². The molecule has 2 N–H and O–H groups in total. The van der Waals surface area contributed by atoms with Crippen LogP contribution in [-0.4, -0.2) is 47.6 Å². The molecule has 4 rings (SSSR count). The van der Waals surface area contributed by atoms with Crippen molar-refractivity contribution in [3.63, 3.8) is 0 Å². The Kier molecular flexibility index (Phi) is 4.41. The number of nitrogens with zero attached hydrogens (tertiary/aromatic N) is 1. The molecule has 5 heteroatoms. The molecule has 2 amide bonds. The largest absolute Gasteiger partial charge is 0.392 e. The fourth-order valence-corrected chi connectivity index (χ4v) is 4.29. The number of fused-ring (bicyclic) bond motifs is 1. The number of carbonyl (C=O) groups is 2. The van der Waals surface area contributed by atoms with Crippen LogP contribution in [0.2, 0.25) is 0 Å². The first-order chi connectivity index (χ1) is 12.6. The number of rotatable bonds is 2. The molecule has 0 bridgehead atoms. The van der Waals surface area contributed by atoms with Gasteiger partial charge in [-0.05, 0) is 35.6 Å². The van der Waals surface area contributed by atoms with Crippen LogP contribution in [0.1, 0.15) is 24.8 Å². The van der Waals surface area contributed by atoms with Crippen molar-refractivity contribution in [2.45, 2.75) is 31.8 Å². The summed E-state index contributed by atoms with van der Waals surface area (Å²) in [5.74, 6) is -0.0932. The molecule has 2 heterocycles. The highest BCUT2D eigenvalue weighted by molar-refractivity contribution is 5.87. The predicted octanol–water partition coefficient (Wildman–Crippen LogP) is 1.87. The zero-order valence-corrected chi connectivity index (χ0v) is 14.8. The second kappa shape index (κ2) is 6.72. The smallest absolute Gasteiger partial charge is 0.230 e. The minimum absolute atomic E-state index is 0.0185. The van der Waals surface area contributed by atoms with E-state index >= 15 is 0 Å². The standard InChI is InChI=1S/C21H24N2O3/c24-18-8-11-23(14-21(18)9-3-10-22-20(21)26)19(25)13-15-6-7-16-4-1-2-5-17(16)12-15/h1-2,4-7,12,18,24H,3,8-11,13-14H2,(H,22,26)/t18-,21+/m0/s1. The third-order valence-electron chi connectivity index (χ3n) is 5.84. The minimum atomic E-state index is -0.838. The van der Waals surface area contributed by atoms with Crippen LogP contribution in [0.3, 0.4) is 0 Å². The average Bonchev–Trinajstić information content (AvgIpc) is 2.66. The molecule has 2 aromatic carbocycles. The van der Waals surface area contributed by atoms with E-state index in [4.69, 9.17) is 0 Å². The van der Waals surface area contributed by atoms with E-state index in [9.17, 15) is 14.7 Å². The van der Waals surface area contributed by atoms with E-state index in [0.717, 1.165) is 22.8 Å². The van der Waals surface area contributed by atoms with Gasteiger partial charge in [0.05, 0.1) is 17.9 Å². The van der Waals surface area contributed by atoms with E-state index in [1.54, 1.807) is 4.90 Å². The number of likely N-dealkylation sites (tertiary alicyclic amines) is 1. The molecule has 0 saturated carbocycles. The van der Waals surface area contributed by atoms with Gasteiger partial charge in [0.2, 0.25) is 11.8 Å². The second-order valence-corrected chi connectivity index (χ2v) is 7.49. The average molecular weight is 352 g/mol. The van der Waals surface area contributed by atoms with Crippen molar-refractivity contribution in [3.8, 4) is 0 Å². The number of amides is 2. The van der Waals surface area contributed by atoms with Crippen molar-refractivity contribution in [2.75, 3.05) is 19.6 Å². The lowest BCUT2D eigenvalue weighted by Crippen LogP contribution is -2.62. The van der Waals surface area contributed by atoms with Gasteiger partial charge in [-0.25, -0.2) is 0 Å². The third-order valence-corrected chi connectivity index (χ3v) is 5.84. The van der Waals surface area contributed by atoms with Crippen molar-refractivity contribution >= 4 is 22.6 Å². The fourth-order valence-electron chi connectivity index (χ4n) is 4.29. The van der Waals surface area contributed by atoms with Gasteiger partial charge in [-0.1, -0.05) is 42.5 Å². The minimum Gasteiger partial charge on any atom is -0.392 e. The first kappa shape index (κ1) is 17.0. The SMILES string of the molecule is O=C(Cc1ccc2ccccc2c1)N1CC[C@H](O)[C@@]2(CCCNC2=O)C1. The van der Waals surface area contributed by atoms with Crippen LogP contribution in [0.25, 0.3) is 10.8 Å². The molecule has 5 nitrogen and oxygen atoms in total. The number of aliphatic hydroxyl groups is 1. The molecule has 136 valence electrons. The quantitative estimate of drug-likeness (QED) is 0.867. The lowest BCUT2D eigenvalue weighted by molar-refractivity contribution is -0.154. The molecule has 2 aliphatic rings. The van der Waals surface area contributed by atoms with Crippen molar-refractivity contribution < 1.29 is 14.7 Å². The molecule has 2 aromatic rings. The summed E-state index contributed by atoms with van der Waals surface area (Å²) >= 11 is 0. The van der Waals surface area contributed by atoms with Gasteiger partial charge >= 0.3 is 0 Å². The van der Waals surface area contributed by atoms with Crippen LogP contribution in [0.15, 0.2) is 42.5 Å². The van der Waals surface area contributed by atoms with Gasteiger partial charge in [0.15, 0.2) is 0 Å². The van der Waals surface area contributed by atoms with Crippen molar-refractivity contribution in [1.82, 2.24) is 10.2 Å². The van der Waals surface area contributed by atoms with E-state index in [1.165, 1.54) is 0 Å². The summed E-state index contributed by atoms with van der Waals surface area (Å²) in [5, 5.41) is 15.6. The Morgan fingerprint density at radius 1 is 1.23 bits per heavy atom. The molecule has 2 fully saturated rings. The van der Waals surface area contributed by atoms with E-state index in [-0.39, 0.29) is 11.8 Å². The second-order valence-electron chi connectivity index (χ2n) is 7.49. The highest BCUT2D eigenvalue weighted by Crippen LogP contribution is 2.37. The van der Waals surface area contributed by atoms with Crippen molar-refractivity contribution in [1.29, 1.82) is 0 Å². The maximum Gasteiger partial charge on any atom is 0.230 e. The summed E-state index contributed by atoms with van der Waals surface area (Å²) in [5.41, 5.74) is 0.136. The molecule has 2 atom stereocenters. The van der Waals surface area contributed by atoms with Crippen LogP contribution in [0, 0.1) is 5.41 Å². The Bertz CT molecular complexity index is 850. The summed E-state index contributed by atoms with van der Waals surface area (Å²) in [6, 6.07) is 14.2. The van der Waals surface area contributed by atoms with Crippen LogP contribution < -0.4 is 5.32 Å². The fraction of sp³-hybridized carbons (Fsp3) is 0.429. The van der Waals surface area contributed by atoms with Gasteiger partial charge in [-0.3, -0.25) is 9.59 Å². The third kappa shape index (κ3) is 2.97. The van der Waals surface area contributed by atoms with E-state index in [2.05, 4.69) is 17.4 Å². The Morgan fingerprint density at radius 2 is 2.04 bits per heavy atom. The summed E-state index contributed by atoms with van der Waals surface area (Å²) in [6.07, 6.45) is 1.58. The molecular weight excluding hydrogens is 328 g/mol. The van der Waals surface area contributed by atoms with Gasteiger partial charge < -0.3 is 15.3 Å². The Hall–Kier alpha value is -2.40. The summed E-state index contributed by atoms with van der Waals surface area (Å²) in [6.45, 7) is 1.47. The zero-order chi connectivity index (χ0) is 18.1. The summed E-state index contributed by atoms with van der Waals surface area (Å²) in [7, 11) is 0. The number of hydrogen-bond acceptors (Lipinski definition) is 3. The van der Waals surface area contributed by atoms with E-state index in [0.29, 0.717) is 38.9 Å². The first-order valence-electron chi connectivity index (χ1n) is 9.30. The lowest BCUT2D eigenvalue weighted by Gasteiger charge is -2.46. The number of aliphatic hydroxyl groups excluding tert-OH is 1. The number of nitrogens with one attached hydrogen (secondary N) is 1. The number of piperidine rings is 2. The number of carbonyl (C=O) groups excluding carboxylic acids is 2. The monoisotopic (exact) mass is 352 g/mol. The Balaban J connectivity index is 1.51. The Morgan fingerprint density at radius 3 is 2.85 bits per heavy atom. The van der Waals surface area contributed by atoms with Crippen molar-refractivity contribution in [2.24, 2.45) is 5.41 Å². The highest BCUT2D eigenvalue weighted by atomic mass is 16.3. The van der Waals surface area contributed by atoms with Crippen molar-refractivity contribution in [3.05, 3.63) is 48.0 Å². The van der Waals surface area contributed by atoms with Gasteiger partial charge in [0.25, 0.3) is 0 Å². The molecule has 26 heavy (non-hydrogen) atoms. The zero-order valence-electron chi connectivity index (χ0n) is 14.8. The topological polar surface area (TPSA) is 69.6 Å². The number of hydrogen-bond donors (Lipinski definition) is 2. The van der Waals surface area contributed by atoms with Crippen LogP contribution in [-0.2, 0) is 16.0 Å². The van der Waals surface area contributed by atoms with Gasteiger partial charge in [-0.2, -0.15) is 0 Å². The summed E-state index contributed by atoms with van der Waals surface area (Å²) in [4.78, 5) is 27.1. The predicted molar refractivity (Wildman–Crippen MR) is 99.5 cm³/mol.